The van der Waals surface area contributed by atoms with E-state index in [-0.39, 0.29) is 17.2 Å². The Morgan fingerprint density at radius 1 is 1.28 bits per heavy atom. The van der Waals surface area contributed by atoms with Crippen molar-refractivity contribution in [3.8, 4) is 0 Å². The summed E-state index contributed by atoms with van der Waals surface area (Å²) in [5.41, 5.74) is 1.70. The second kappa shape index (κ2) is 8.57. The molecule has 0 spiro atoms. The highest BCUT2D eigenvalue weighted by molar-refractivity contribution is 6.30. The van der Waals surface area contributed by atoms with Crippen molar-refractivity contribution in [1.82, 2.24) is 20.4 Å². The number of piperidine rings is 1. The second-order valence-electron chi connectivity index (χ2n) is 8.25. The fraction of sp³-hybridized carbons (Fsp3) is 0.500. The first-order chi connectivity index (χ1) is 14.1. The van der Waals surface area contributed by atoms with Crippen LogP contribution in [0.2, 0.25) is 5.02 Å². The van der Waals surface area contributed by atoms with E-state index >= 15 is 0 Å². The highest BCUT2D eigenvalue weighted by Gasteiger charge is 2.51. The van der Waals surface area contributed by atoms with Crippen molar-refractivity contribution in [2.45, 2.75) is 43.9 Å². The first-order valence-electron chi connectivity index (χ1n) is 10.4. The maximum absolute atomic E-state index is 12.9. The fourth-order valence-corrected chi connectivity index (χ4v) is 4.35. The summed E-state index contributed by atoms with van der Waals surface area (Å²) in [6.45, 7) is 2.15. The van der Waals surface area contributed by atoms with Crippen molar-refractivity contribution < 1.29 is 9.59 Å². The van der Waals surface area contributed by atoms with Crippen molar-refractivity contribution in [2.75, 3.05) is 19.6 Å². The Bertz CT molecular complexity index is 846. The molecule has 7 heteroatoms. The molecule has 1 aliphatic heterocycles. The molecule has 0 radical (unpaired) electrons. The molecule has 1 aliphatic carbocycles. The van der Waals surface area contributed by atoms with Crippen LogP contribution in [0, 0.1) is 5.92 Å². The molecule has 1 aromatic carbocycles. The van der Waals surface area contributed by atoms with Gasteiger partial charge < -0.3 is 10.2 Å². The highest BCUT2D eigenvalue weighted by Crippen LogP contribution is 2.48. The summed E-state index contributed by atoms with van der Waals surface area (Å²) >= 11 is 5.98. The van der Waals surface area contributed by atoms with E-state index in [1.807, 2.05) is 35.4 Å². The third kappa shape index (κ3) is 4.64. The van der Waals surface area contributed by atoms with Crippen LogP contribution in [-0.4, -0.2) is 46.5 Å². The smallest absolute Gasteiger partial charge is 0.230 e. The van der Waals surface area contributed by atoms with Gasteiger partial charge in [-0.1, -0.05) is 23.7 Å². The number of H-pyrrole nitrogens is 1. The Kier molecular flexibility index (Phi) is 5.90. The van der Waals surface area contributed by atoms with Crippen LogP contribution in [0.4, 0.5) is 0 Å². The van der Waals surface area contributed by atoms with E-state index in [4.69, 9.17) is 11.6 Å². The number of benzene rings is 1. The SMILES string of the molecule is O=C(CCc1cn[nH]c1)N1CCCC(CNC(=O)C2(c3ccc(Cl)cc3)CC2)C1. The number of carbonyl (C=O) groups is 2. The van der Waals surface area contributed by atoms with Crippen LogP contribution >= 0.6 is 11.6 Å². The molecule has 29 heavy (non-hydrogen) atoms. The maximum atomic E-state index is 12.9. The van der Waals surface area contributed by atoms with Gasteiger partial charge in [0.15, 0.2) is 0 Å². The van der Waals surface area contributed by atoms with Gasteiger partial charge in [0.2, 0.25) is 11.8 Å². The summed E-state index contributed by atoms with van der Waals surface area (Å²) in [6.07, 6.45) is 8.58. The molecule has 2 fully saturated rings. The van der Waals surface area contributed by atoms with Crippen LogP contribution < -0.4 is 5.32 Å². The molecule has 2 heterocycles. The van der Waals surface area contributed by atoms with Crippen LogP contribution in [-0.2, 0) is 21.4 Å². The van der Waals surface area contributed by atoms with Gasteiger partial charge >= 0.3 is 0 Å². The lowest BCUT2D eigenvalue weighted by Gasteiger charge is -2.33. The first kappa shape index (κ1) is 20.0. The topological polar surface area (TPSA) is 78.1 Å². The monoisotopic (exact) mass is 414 g/mol. The fourth-order valence-electron chi connectivity index (χ4n) is 4.23. The van der Waals surface area contributed by atoms with Crippen LogP contribution in [0.1, 0.15) is 43.2 Å². The Morgan fingerprint density at radius 3 is 2.76 bits per heavy atom. The number of hydrogen-bond donors (Lipinski definition) is 2. The zero-order valence-corrected chi connectivity index (χ0v) is 17.3. The van der Waals surface area contributed by atoms with Gasteiger partial charge in [-0.05, 0) is 61.3 Å². The van der Waals surface area contributed by atoms with E-state index in [1.165, 1.54) is 0 Å². The van der Waals surface area contributed by atoms with E-state index in [9.17, 15) is 9.59 Å². The van der Waals surface area contributed by atoms with E-state index in [1.54, 1.807) is 6.20 Å². The van der Waals surface area contributed by atoms with Gasteiger partial charge in [-0.15, -0.1) is 0 Å². The molecule has 2 aromatic rings. The highest BCUT2D eigenvalue weighted by atomic mass is 35.5. The molecule has 4 rings (SSSR count). The van der Waals surface area contributed by atoms with Gasteiger partial charge in [-0.25, -0.2) is 0 Å². The van der Waals surface area contributed by atoms with Gasteiger partial charge in [0.25, 0.3) is 0 Å². The number of hydrogen-bond acceptors (Lipinski definition) is 3. The molecule has 1 saturated heterocycles. The normalized spacial score (nSPS) is 20.3. The number of nitrogens with zero attached hydrogens (tertiary/aromatic N) is 2. The van der Waals surface area contributed by atoms with Crippen molar-refractivity contribution >= 4 is 23.4 Å². The molecule has 1 saturated carbocycles. The summed E-state index contributed by atoms with van der Waals surface area (Å²) in [4.78, 5) is 27.4. The van der Waals surface area contributed by atoms with Gasteiger partial charge in [-0.3, -0.25) is 14.7 Å². The molecular formula is C22H27ClN4O2. The Morgan fingerprint density at radius 2 is 2.07 bits per heavy atom. The standard InChI is InChI=1S/C22H27ClN4O2/c23-19-6-4-18(5-7-19)22(9-10-22)21(29)24-12-17-2-1-11-27(15-17)20(28)8-3-16-13-25-26-14-16/h4-7,13-14,17H,1-3,8-12,15H2,(H,24,29)(H,25,26). The molecule has 1 aromatic heterocycles. The summed E-state index contributed by atoms with van der Waals surface area (Å²) in [5, 5.41) is 10.5. The summed E-state index contributed by atoms with van der Waals surface area (Å²) in [6, 6.07) is 7.60. The number of carbonyl (C=O) groups excluding carboxylic acids is 2. The zero-order chi connectivity index (χ0) is 20.3. The molecule has 1 atom stereocenters. The minimum Gasteiger partial charge on any atom is -0.355 e. The quantitative estimate of drug-likeness (QED) is 0.730. The van der Waals surface area contributed by atoms with Crippen LogP contribution in [0.5, 0.6) is 0 Å². The van der Waals surface area contributed by atoms with Gasteiger partial charge in [0.1, 0.15) is 0 Å². The zero-order valence-electron chi connectivity index (χ0n) is 16.5. The predicted molar refractivity (Wildman–Crippen MR) is 112 cm³/mol. The van der Waals surface area contributed by atoms with Crippen molar-refractivity contribution in [3.63, 3.8) is 0 Å². The third-order valence-electron chi connectivity index (χ3n) is 6.19. The van der Waals surface area contributed by atoms with Gasteiger partial charge in [0.05, 0.1) is 11.6 Å². The molecule has 6 nitrogen and oxygen atoms in total. The van der Waals surface area contributed by atoms with Crippen LogP contribution in [0.15, 0.2) is 36.7 Å². The van der Waals surface area contributed by atoms with Crippen molar-refractivity contribution in [1.29, 1.82) is 0 Å². The summed E-state index contributed by atoms with van der Waals surface area (Å²) < 4.78 is 0. The van der Waals surface area contributed by atoms with Crippen molar-refractivity contribution in [3.05, 3.63) is 52.8 Å². The number of aromatic nitrogens is 2. The van der Waals surface area contributed by atoms with Gasteiger partial charge in [0, 0.05) is 37.3 Å². The molecule has 1 unspecified atom stereocenters. The Balaban J connectivity index is 1.26. The summed E-state index contributed by atoms with van der Waals surface area (Å²) in [7, 11) is 0. The number of nitrogens with one attached hydrogen (secondary N) is 2. The van der Waals surface area contributed by atoms with Crippen LogP contribution in [0.3, 0.4) is 0 Å². The van der Waals surface area contributed by atoms with E-state index in [0.29, 0.717) is 30.3 Å². The summed E-state index contributed by atoms with van der Waals surface area (Å²) in [5.74, 6) is 0.594. The first-order valence-corrected chi connectivity index (χ1v) is 10.7. The third-order valence-corrected chi connectivity index (χ3v) is 6.44. The number of amides is 2. The van der Waals surface area contributed by atoms with Crippen LogP contribution in [0.25, 0.3) is 0 Å². The molecule has 2 amide bonds. The predicted octanol–water partition coefficient (Wildman–Crippen LogP) is 3.08. The average molecular weight is 415 g/mol. The minimum absolute atomic E-state index is 0.100. The average Bonchev–Trinajstić information content (AvgIpc) is 3.39. The lowest BCUT2D eigenvalue weighted by atomic mass is 9.93. The maximum Gasteiger partial charge on any atom is 0.230 e. The largest absolute Gasteiger partial charge is 0.355 e. The number of aryl methyl sites for hydroxylation is 1. The molecular weight excluding hydrogens is 388 g/mol. The Hall–Kier alpha value is -2.34. The molecule has 2 aliphatic rings. The number of rotatable bonds is 7. The molecule has 2 N–H and O–H groups in total. The number of halogens is 1. The Labute approximate surface area is 176 Å². The molecule has 0 bridgehead atoms. The second-order valence-corrected chi connectivity index (χ2v) is 8.69. The molecule has 154 valence electrons. The van der Waals surface area contributed by atoms with E-state index < -0.39 is 0 Å². The van der Waals surface area contributed by atoms with Crippen molar-refractivity contribution in [2.24, 2.45) is 5.92 Å². The number of likely N-dealkylation sites (tertiary alicyclic amines) is 1. The number of aromatic amines is 1. The van der Waals surface area contributed by atoms with E-state index in [2.05, 4.69) is 15.5 Å². The lowest BCUT2D eigenvalue weighted by Crippen LogP contribution is -2.45. The lowest BCUT2D eigenvalue weighted by molar-refractivity contribution is -0.132. The van der Waals surface area contributed by atoms with E-state index in [0.717, 1.165) is 49.9 Å². The minimum atomic E-state index is -0.390. The van der Waals surface area contributed by atoms with Gasteiger partial charge in [-0.2, -0.15) is 5.10 Å².